The molecule has 2 aromatic carbocycles. The van der Waals surface area contributed by atoms with E-state index in [1.807, 2.05) is 6.07 Å². The van der Waals surface area contributed by atoms with Gasteiger partial charge >= 0.3 is 0 Å². The molecule has 3 rings (SSSR count). The van der Waals surface area contributed by atoms with Gasteiger partial charge in [-0.1, -0.05) is 35.9 Å². The average molecular weight is 363 g/mol. The molecule has 0 unspecified atom stereocenters. The van der Waals surface area contributed by atoms with Gasteiger partial charge in [-0.3, -0.25) is 9.69 Å². The SMILES string of the molecule is O=C([C@H](O)c1cccc(Cl)c1)N1CCN(Cc2cccc(F)c2)CC1. The van der Waals surface area contributed by atoms with Crippen LogP contribution in [0.25, 0.3) is 0 Å². The third-order valence-corrected chi connectivity index (χ3v) is 4.61. The minimum atomic E-state index is -1.20. The highest BCUT2D eigenvalue weighted by molar-refractivity contribution is 6.30. The van der Waals surface area contributed by atoms with Crippen LogP contribution in [0, 0.1) is 5.82 Å². The molecule has 132 valence electrons. The monoisotopic (exact) mass is 362 g/mol. The second kappa shape index (κ2) is 7.95. The summed E-state index contributed by atoms with van der Waals surface area (Å²) in [7, 11) is 0. The van der Waals surface area contributed by atoms with Crippen molar-refractivity contribution in [1.82, 2.24) is 9.80 Å². The van der Waals surface area contributed by atoms with Crippen LogP contribution in [-0.2, 0) is 11.3 Å². The molecule has 1 atom stereocenters. The Bertz CT molecular complexity index is 748. The van der Waals surface area contributed by atoms with Gasteiger partial charge in [0, 0.05) is 37.7 Å². The molecule has 1 N–H and O–H groups in total. The van der Waals surface area contributed by atoms with Gasteiger partial charge in [-0.2, -0.15) is 0 Å². The molecular weight excluding hydrogens is 343 g/mol. The molecule has 0 spiro atoms. The van der Waals surface area contributed by atoms with E-state index in [1.54, 1.807) is 35.2 Å². The first kappa shape index (κ1) is 17.9. The topological polar surface area (TPSA) is 43.8 Å². The number of hydrogen-bond acceptors (Lipinski definition) is 3. The number of amides is 1. The molecule has 2 aromatic rings. The number of aliphatic hydroxyl groups is 1. The van der Waals surface area contributed by atoms with Gasteiger partial charge in [0.15, 0.2) is 6.10 Å². The van der Waals surface area contributed by atoms with E-state index in [1.165, 1.54) is 12.1 Å². The Kier molecular flexibility index (Phi) is 5.68. The fraction of sp³-hybridized carbons (Fsp3) is 0.316. The van der Waals surface area contributed by atoms with Crippen molar-refractivity contribution in [3.8, 4) is 0 Å². The first-order valence-corrected chi connectivity index (χ1v) is 8.60. The molecule has 0 bridgehead atoms. The summed E-state index contributed by atoms with van der Waals surface area (Å²) in [6.07, 6.45) is -1.20. The van der Waals surface area contributed by atoms with Gasteiger partial charge in [0.05, 0.1) is 0 Å². The molecule has 1 saturated heterocycles. The molecule has 0 aliphatic carbocycles. The van der Waals surface area contributed by atoms with Crippen LogP contribution in [0.5, 0.6) is 0 Å². The average Bonchev–Trinajstić information content (AvgIpc) is 2.61. The maximum Gasteiger partial charge on any atom is 0.256 e. The maximum absolute atomic E-state index is 13.3. The zero-order valence-electron chi connectivity index (χ0n) is 13.7. The number of benzene rings is 2. The minimum absolute atomic E-state index is 0.240. The van der Waals surface area contributed by atoms with Crippen LogP contribution in [0.3, 0.4) is 0 Å². The van der Waals surface area contributed by atoms with Crippen molar-refractivity contribution < 1.29 is 14.3 Å². The van der Waals surface area contributed by atoms with E-state index >= 15 is 0 Å². The molecule has 1 aliphatic rings. The van der Waals surface area contributed by atoms with Crippen LogP contribution in [0.1, 0.15) is 17.2 Å². The first-order chi connectivity index (χ1) is 12.0. The number of aliphatic hydroxyl groups excluding tert-OH is 1. The van der Waals surface area contributed by atoms with Crippen molar-refractivity contribution in [2.24, 2.45) is 0 Å². The van der Waals surface area contributed by atoms with Crippen LogP contribution in [0.4, 0.5) is 4.39 Å². The highest BCUT2D eigenvalue weighted by Crippen LogP contribution is 2.20. The van der Waals surface area contributed by atoms with Gasteiger partial charge in [0.1, 0.15) is 5.82 Å². The lowest BCUT2D eigenvalue weighted by molar-refractivity contribution is -0.142. The lowest BCUT2D eigenvalue weighted by Crippen LogP contribution is -2.49. The van der Waals surface area contributed by atoms with Gasteiger partial charge in [0.2, 0.25) is 0 Å². The van der Waals surface area contributed by atoms with Crippen molar-refractivity contribution in [2.75, 3.05) is 26.2 Å². The summed E-state index contributed by atoms with van der Waals surface area (Å²) >= 11 is 5.92. The number of rotatable bonds is 4. The summed E-state index contributed by atoms with van der Waals surface area (Å²) in [5.41, 5.74) is 1.42. The quantitative estimate of drug-likeness (QED) is 0.909. The van der Waals surface area contributed by atoms with Crippen molar-refractivity contribution in [1.29, 1.82) is 0 Å². The van der Waals surface area contributed by atoms with E-state index < -0.39 is 6.10 Å². The molecule has 4 nitrogen and oxygen atoms in total. The van der Waals surface area contributed by atoms with Gasteiger partial charge < -0.3 is 10.0 Å². The molecule has 0 radical (unpaired) electrons. The Morgan fingerprint density at radius 2 is 1.84 bits per heavy atom. The smallest absolute Gasteiger partial charge is 0.256 e. The van der Waals surface area contributed by atoms with Crippen LogP contribution >= 0.6 is 11.6 Å². The standard InChI is InChI=1S/C19H20ClFN2O2/c20-16-5-2-4-15(12-16)18(24)19(25)23-9-7-22(8-10-23)13-14-3-1-6-17(21)11-14/h1-6,11-12,18,24H,7-10,13H2/t18-/m1/s1. The highest BCUT2D eigenvalue weighted by atomic mass is 35.5. The largest absolute Gasteiger partial charge is 0.378 e. The number of carbonyl (C=O) groups excluding carboxylic acids is 1. The number of carbonyl (C=O) groups is 1. The molecule has 1 heterocycles. The fourth-order valence-electron chi connectivity index (χ4n) is 3.01. The van der Waals surface area contributed by atoms with Gasteiger partial charge in [0.25, 0.3) is 5.91 Å². The Labute approximate surface area is 151 Å². The van der Waals surface area contributed by atoms with E-state index in [4.69, 9.17) is 11.6 Å². The van der Waals surface area contributed by atoms with Crippen molar-refractivity contribution in [3.05, 3.63) is 70.5 Å². The number of piperazine rings is 1. The third-order valence-electron chi connectivity index (χ3n) is 4.38. The van der Waals surface area contributed by atoms with Crippen LogP contribution < -0.4 is 0 Å². The Hall–Kier alpha value is -1.95. The zero-order valence-corrected chi connectivity index (χ0v) is 14.5. The summed E-state index contributed by atoms with van der Waals surface area (Å²) in [5, 5.41) is 10.8. The Balaban J connectivity index is 1.55. The predicted octanol–water partition coefficient (Wildman–Crippen LogP) is 2.86. The summed E-state index contributed by atoms with van der Waals surface area (Å²) in [4.78, 5) is 16.3. The van der Waals surface area contributed by atoms with Crippen molar-refractivity contribution in [2.45, 2.75) is 12.6 Å². The lowest BCUT2D eigenvalue weighted by atomic mass is 10.1. The third kappa shape index (κ3) is 4.57. The second-order valence-corrected chi connectivity index (χ2v) is 6.63. The number of halogens is 2. The van der Waals surface area contributed by atoms with Crippen LogP contribution in [0.15, 0.2) is 48.5 Å². The summed E-state index contributed by atoms with van der Waals surface area (Å²) < 4.78 is 13.3. The lowest BCUT2D eigenvalue weighted by Gasteiger charge is -2.35. The molecular formula is C19H20ClFN2O2. The molecule has 6 heteroatoms. The Morgan fingerprint density at radius 1 is 1.12 bits per heavy atom. The molecule has 25 heavy (non-hydrogen) atoms. The van der Waals surface area contributed by atoms with Gasteiger partial charge in [-0.15, -0.1) is 0 Å². The van der Waals surface area contributed by atoms with Crippen LogP contribution in [0.2, 0.25) is 5.02 Å². The molecule has 1 aliphatic heterocycles. The highest BCUT2D eigenvalue weighted by Gasteiger charge is 2.27. The van der Waals surface area contributed by atoms with Crippen molar-refractivity contribution >= 4 is 17.5 Å². The number of nitrogens with zero attached hydrogens (tertiary/aromatic N) is 2. The molecule has 1 amide bonds. The predicted molar refractivity (Wildman–Crippen MR) is 94.7 cm³/mol. The molecule has 1 fully saturated rings. The maximum atomic E-state index is 13.3. The van der Waals surface area contributed by atoms with Gasteiger partial charge in [-0.05, 0) is 35.4 Å². The van der Waals surface area contributed by atoms with E-state index in [9.17, 15) is 14.3 Å². The van der Waals surface area contributed by atoms with E-state index in [2.05, 4.69) is 4.90 Å². The summed E-state index contributed by atoms with van der Waals surface area (Å²) in [5.74, 6) is -0.552. The second-order valence-electron chi connectivity index (χ2n) is 6.19. The normalized spacial score (nSPS) is 16.7. The minimum Gasteiger partial charge on any atom is -0.378 e. The first-order valence-electron chi connectivity index (χ1n) is 8.22. The zero-order chi connectivity index (χ0) is 17.8. The van der Waals surface area contributed by atoms with E-state index in [0.29, 0.717) is 43.3 Å². The summed E-state index contributed by atoms with van der Waals surface area (Å²) in [6.45, 7) is 3.09. The Morgan fingerprint density at radius 3 is 2.52 bits per heavy atom. The molecule has 0 aromatic heterocycles. The van der Waals surface area contributed by atoms with E-state index in [0.717, 1.165) is 5.56 Å². The van der Waals surface area contributed by atoms with Crippen molar-refractivity contribution in [3.63, 3.8) is 0 Å². The van der Waals surface area contributed by atoms with Gasteiger partial charge in [-0.25, -0.2) is 4.39 Å². The summed E-state index contributed by atoms with van der Waals surface area (Å²) in [6, 6.07) is 13.3. The van der Waals surface area contributed by atoms with E-state index in [-0.39, 0.29) is 11.7 Å². The van der Waals surface area contributed by atoms with Crippen LogP contribution in [-0.4, -0.2) is 47.0 Å². The number of hydrogen-bond donors (Lipinski definition) is 1. The fourth-order valence-corrected chi connectivity index (χ4v) is 3.21. The molecule has 0 saturated carbocycles.